The Balaban J connectivity index is 1.81. The topological polar surface area (TPSA) is 68.0 Å². The SMILES string of the molecule is Cc1cc(Cl)ccc1-n1c(Cc2cccc3ccccc23)nnc1SCC(=O)O. The second-order valence-electron chi connectivity index (χ2n) is 6.66. The first kappa shape index (κ1) is 19.5. The Labute approximate surface area is 177 Å². The van der Waals surface area contributed by atoms with E-state index < -0.39 is 5.97 Å². The van der Waals surface area contributed by atoms with E-state index in [1.807, 2.05) is 47.9 Å². The summed E-state index contributed by atoms with van der Waals surface area (Å²) in [5.74, 6) is -0.230. The minimum Gasteiger partial charge on any atom is -0.481 e. The Kier molecular flexibility index (Phi) is 5.56. The van der Waals surface area contributed by atoms with Gasteiger partial charge in [-0.15, -0.1) is 10.2 Å². The van der Waals surface area contributed by atoms with Gasteiger partial charge < -0.3 is 5.11 Å². The molecule has 1 N–H and O–H groups in total. The molecule has 0 unspecified atom stereocenters. The van der Waals surface area contributed by atoms with E-state index in [9.17, 15) is 4.79 Å². The molecule has 1 heterocycles. The maximum atomic E-state index is 11.1. The van der Waals surface area contributed by atoms with Gasteiger partial charge in [-0.05, 0) is 47.0 Å². The number of fused-ring (bicyclic) bond motifs is 1. The first-order valence-corrected chi connectivity index (χ1v) is 10.4. The van der Waals surface area contributed by atoms with Crippen LogP contribution in [0.3, 0.4) is 0 Å². The van der Waals surface area contributed by atoms with E-state index >= 15 is 0 Å². The molecule has 0 aliphatic heterocycles. The van der Waals surface area contributed by atoms with Crippen LogP contribution in [0.4, 0.5) is 0 Å². The van der Waals surface area contributed by atoms with Gasteiger partial charge in [0.25, 0.3) is 0 Å². The lowest BCUT2D eigenvalue weighted by atomic mass is 10.0. The van der Waals surface area contributed by atoms with Crippen molar-refractivity contribution < 1.29 is 9.90 Å². The van der Waals surface area contributed by atoms with Gasteiger partial charge in [0.15, 0.2) is 5.16 Å². The van der Waals surface area contributed by atoms with Crippen LogP contribution in [0.15, 0.2) is 65.8 Å². The average molecular weight is 424 g/mol. The van der Waals surface area contributed by atoms with E-state index in [4.69, 9.17) is 16.7 Å². The minimum atomic E-state index is -0.895. The summed E-state index contributed by atoms with van der Waals surface area (Å²) < 4.78 is 1.93. The fourth-order valence-corrected chi connectivity index (χ4v) is 4.27. The molecular formula is C22H18ClN3O2S. The third-order valence-corrected chi connectivity index (χ3v) is 5.80. The predicted octanol–water partition coefficient (Wildman–Crippen LogP) is 5.15. The second-order valence-corrected chi connectivity index (χ2v) is 8.04. The fourth-order valence-electron chi connectivity index (χ4n) is 3.36. The number of carboxylic acids is 1. The normalized spacial score (nSPS) is 11.1. The first-order chi connectivity index (χ1) is 14.0. The van der Waals surface area contributed by atoms with E-state index in [-0.39, 0.29) is 5.75 Å². The Bertz CT molecular complexity index is 1200. The van der Waals surface area contributed by atoms with Crippen molar-refractivity contribution in [1.29, 1.82) is 0 Å². The van der Waals surface area contributed by atoms with Gasteiger partial charge >= 0.3 is 5.97 Å². The van der Waals surface area contributed by atoms with Gasteiger partial charge in [0.05, 0.1) is 11.4 Å². The number of aliphatic carboxylic acids is 1. The van der Waals surface area contributed by atoms with Crippen LogP contribution in [0.2, 0.25) is 5.02 Å². The molecule has 0 saturated carbocycles. The molecule has 4 rings (SSSR count). The number of carbonyl (C=O) groups is 1. The summed E-state index contributed by atoms with van der Waals surface area (Å²) >= 11 is 7.29. The summed E-state index contributed by atoms with van der Waals surface area (Å²) in [5.41, 5.74) is 2.99. The second kappa shape index (κ2) is 8.27. The molecule has 29 heavy (non-hydrogen) atoms. The lowest BCUT2D eigenvalue weighted by molar-refractivity contribution is -0.133. The number of aromatic nitrogens is 3. The first-order valence-electron chi connectivity index (χ1n) is 9.05. The number of nitrogens with zero attached hydrogens (tertiary/aromatic N) is 3. The molecular weight excluding hydrogens is 406 g/mol. The van der Waals surface area contributed by atoms with E-state index in [2.05, 4.69) is 34.5 Å². The van der Waals surface area contributed by atoms with Gasteiger partial charge in [-0.25, -0.2) is 0 Å². The minimum absolute atomic E-state index is 0.0843. The summed E-state index contributed by atoms with van der Waals surface area (Å²) in [4.78, 5) is 11.1. The lowest BCUT2D eigenvalue weighted by Crippen LogP contribution is -2.07. The van der Waals surface area contributed by atoms with Crippen molar-refractivity contribution in [1.82, 2.24) is 14.8 Å². The lowest BCUT2D eigenvalue weighted by Gasteiger charge is -2.13. The number of thioether (sulfide) groups is 1. The number of carboxylic acid groups (broad SMARTS) is 1. The quantitative estimate of drug-likeness (QED) is 0.434. The zero-order chi connectivity index (χ0) is 20.4. The summed E-state index contributed by atoms with van der Waals surface area (Å²) in [7, 11) is 0. The zero-order valence-electron chi connectivity index (χ0n) is 15.7. The number of benzene rings is 3. The predicted molar refractivity (Wildman–Crippen MR) is 116 cm³/mol. The third kappa shape index (κ3) is 4.13. The van der Waals surface area contributed by atoms with Gasteiger partial charge in [0.2, 0.25) is 0 Å². The van der Waals surface area contributed by atoms with Crippen molar-refractivity contribution in [2.45, 2.75) is 18.5 Å². The Morgan fingerprint density at radius 1 is 1.10 bits per heavy atom. The molecule has 0 bridgehead atoms. The maximum absolute atomic E-state index is 11.1. The van der Waals surface area contributed by atoms with Crippen molar-refractivity contribution in [3.05, 3.63) is 82.6 Å². The summed E-state index contributed by atoms with van der Waals surface area (Å²) in [6.45, 7) is 1.97. The van der Waals surface area contributed by atoms with Crippen LogP contribution in [-0.4, -0.2) is 31.6 Å². The van der Waals surface area contributed by atoms with Crippen molar-refractivity contribution in [3.8, 4) is 5.69 Å². The Morgan fingerprint density at radius 3 is 2.69 bits per heavy atom. The molecule has 0 aliphatic carbocycles. The van der Waals surface area contributed by atoms with Gasteiger partial charge in [0, 0.05) is 11.4 Å². The molecule has 3 aromatic carbocycles. The summed E-state index contributed by atoms with van der Waals surface area (Å²) in [6, 6.07) is 20.0. The van der Waals surface area contributed by atoms with Crippen LogP contribution in [0.25, 0.3) is 16.5 Å². The van der Waals surface area contributed by atoms with Crippen LogP contribution in [0, 0.1) is 6.92 Å². The number of halogens is 1. The molecule has 7 heteroatoms. The van der Waals surface area contributed by atoms with Crippen LogP contribution >= 0.6 is 23.4 Å². The van der Waals surface area contributed by atoms with Crippen LogP contribution in [-0.2, 0) is 11.2 Å². The summed E-state index contributed by atoms with van der Waals surface area (Å²) in [6.07, 6.45) is 0.573. The molecule has 0 spiro atoms. The average Bonchev–Trinajstić information content (AvgIpc) is 3.09. The van der Waals surface area contributed by atoms with E-state index in [1.54, 1.807) is 0 Å². The van der Waals surface area contributed by atoms with Crippen molar-refractivity contribution in [2.75, 3.05) is 5.75 Å². The van der Waals surface area contributed by atoms with Crippen molar-refractivity contribution in [2.24, 2.45) is 0 Å². The van der Waals surface area contributed by atoms with E-state index in [1.165, 1.54) is 5.39 Å². The smallest absolute Gasteiger partial charge is 0.313 e. The van der Waals surface area contributed by atoms with Crippen molar-refractivity contribution >= 4 is 40.1 Å². The Morgan fingerprint density at radius 2 is 1.90 bits per heavy atom. The summed E-state index contributed by atoms with van der Waals surface area (Å²) in [5, 5.41) is 21.3. The van der Waals surface area contributed by atoms with Crippen molar-refractivity contribution in [3.63, 3.8) is 0 Å². The molecule has 5 nitrogen and oxygen atoms in total. The number of aryl methyl sites for hydroxylation is 1. The maximum Gasteiger partial charge on any atom is 0.313 e. The Hall–Kier alpha value is -2.83. The van der Waals surface area contributed by atoms with E-state index in [0.717, 1.165) is 39.8 Å². The molecule has 0 atom stereocenters. The van der Waals surface area contributed by atoms with E-state index in [0.29, 0.717) is 16.6 Å². The molecule has 1 aromatic heterocycles. The zero-order valence-corrected chi connectivity index (χ0v) is 17.2. The van der Waals surface area contributed by atoms with Crippen LogP contribution in [0.1, 0.15) is 17.0 Å². The highest BCUT2D eigenvalue weighted by Gasteiger charge is 2.18. The van der Waals surface area contributed by atoms with Gasteiger partial charge in [-0.3, -0.25) is 9.36 Å². The van der Waals surface area contributed by atoms with Crippen LogP contribution in [0.5, 0.6) is 0 Å². The van der Waals surface area contributed by atoms with Gasteiger partial charge in [-0.2, -0.15) is 0 Å². The number of hydrogen-bond acceptors (Lipinski definition) is 4. The molecule has 0 aliphatic rings. The van der Waals surface area contributed by atoms with Gasteiger partial charge in [0.1, 0.15) is 5.82 Å². The highest BCUT2D eigenvalue weighted by Crippen LogP contribution is 2.28. The molecule has 146 valence electrons. The molecule has 4 aromatic rings. The standard InChI is InChI=1S/C22H18ClN3O2S/c1-14-11-17(23)9-10-19(14)26-20(24-25-22(26)29-13-21(27)28)12-16-7-4-6-15-5-2-3-8-18(15)16/h2-11H,12-13H2,1H3,(H,27,28). The molecule has 0 saturated heterocycles. The number of rotatable bonds is 6. The third-order valence-electron chi connectivity index (χ3n) is 4.65. The highest BCUT2D eigenvalue weighted by atomic mass is 35.5. The fraction of sp³-hybridized carbons (Fsp3) is 0.136. The van der Waals surface area contributed by atoms with Gasteiger partial charge in [-0.1, -0.05) is 65.8 Å². The number of hydrogen-bond donors (Lipinski definition) is 1. The van der Waals surface area contributed by atoms with Crippen LogP contribution < -0.4 is 0 Å². The molecule has 0 radical (unpaired) electrons. The highest BCUT2D eigenvalue weighted by molar-refractivity contribution is 7.99. The molecule has 0 fully saturated rings. The largest absolute Gasteiger partial charge is 0.481 e. The molecule has 0 amide bonds. The monoisotopic (exact) mass is 423 g/mol.